The van der Waals surface area contributed by atoms with E-state index in [1.165, 1.54) is 12.1 Å². The summed E-state index contributed by atoms with van der Waals surface area (Å²) in [6.45, 7) is -0.439. The number of para-hydroxylation sites is 1. The highest BCUT2D eigenvalue weighted by atomic mass is 32.2. The monoisotopic (exact) mass is 728 g/mol. The highest BCUT2D eigenvalue weighted by Gasteiger charge is 2.28. The van der Waals surface area contributed by atoms with Crippen LogP contribution < -0.4 is 37.0 Å². The minimum absolute atomic E-state index is 0.0387. The molecule has 18 nitrogen and oxygen atoms in total. The maximum Gasteiger partial charge on any atom is 0.305 e. The standard InChI is InChI=1S/C32H40N8O10S/c1-2-5-19-8-10-21(11-9-19)51(49,50)40-25(13-30(45)46)32(48)38-17-28(43)35-16-27(42)36-18-29(44)39-24(31(47)37-15-26(33)41)12-20-14-34-23-7-4-3-6-22(20)23/h3-4,6-11,14,24-25,34,40H,2,5,12-13,15-18H2,1H3,(H2,33,41)(H,35,43)(H,36,42)(H,37,47)(H,38,48)(H,39,44)(H,45,46)/t24-,25+/m0/s1. The number of primary amides is 1. The third kappa shape index (κ3) is 12.9. The first-order valence-corrected chi connectivity index (χ1v) is 17.2. The highest BCUT2D eigenvalue weighted by Crippen LogP contribution is 2.19. The van der Waals surface area contributed by atoms with E-state index in [0.717, 1.165) is 29.3 Å². The number of carboxylic acid groups (broad SMARTS) is 1. The minimum Gasteiger partial charge on any atom is -0.481 e. The van der Waals surface area contributed by atoms with E-state index in [-0.39, 0.29) is 11.3 Å². The molecule has 3 aromatic rings. The average Bonchev–Trinajstić information content (AvgIpc) is 3.49. The molecule has 0 spiro atoms. The SMILES string of the molecule is CCCc1ccc(S(=O)(=O)N[C@H](CC(=O)O)C(=O)NCC(=O)NCC(=O)NCC(=O)N[C@@H](Cc2c[nH]c3ccccc23)C(=O)NCC(N)=O)cc1. The number of amides is 6. The molecule has 0 aliphatic heterocycles. The lowest BCUT2D eigenvalue weighted by Gasteiger charge is -2.18. The van der Waals surface area contributed by atoms with Crippen LogP contribution in [0.1, 0.15) is 30.9 Å². The second kappa shape index (κ2) is 18.8. The summed E-state index contributed by atoms with van der Waals surface area (Å²) in [7, 11) is -4.30. The van der Waals surface area contributed by atoms with E-state index >= 15 is 0 Å². The average molecular weight is 729 g/mol. The molecule has 0 saturated heterocycles. The van der Waals surface area contributed by atoms with E-state index in [2.05, 4.69) is 31.6 Å². The summed E-state index contributed by atoms with van der Waals surface area (Å²) in [5, 5.41) is 21.5. The van der Waals surface area contributed by atoms with Gasteiger partial charge < -0.3 is 42.4 Å². The number of carbonyl (C=O) groups is 7. The van der Waals surface area contributed by atoms with Gasteiger partial charge >= 0.3 is 5.97 Å². The number of hydrogen-bond acceptors (Lipinski definition) is 9. The number of aromatic nitrogens is 1. The smallest absolute Gasteiger partial charge is 0.305 e. The lowest BCUT2D eigenvalue weighted by molar-refractivity contribution is -0.139. The number of sulfonamides is 1. The fourth-order valence-corrected chi connectivity index (χ4v) is 5.98. The molecule has 2 atom stereocenters. The van der Waals surface area contributed by atoms with Crippen LogP contribution >= 0.6 is 0 Å². The number of rotatable bonds is 20. The van der Waals surface area contributed by atoms with Gasteiger partial charge in [0.2, 0.25) is 45.5 Å². The normalized spacial score (nSPS) is 12.3. The summed E-state index contributed by atoms with van der Waals surface area (Å²) >= 11 is 0. The summed E-state index contributed by atoms with van der Waals surface area (Å²) in [6.07, 6.45) is 2.37. The van der Waals surface area contributed by atoms with E-state index in [0.29, 0.717) is 5.56 Å². The number of aryl methyl sites for hydroxylation is 1. The molecule has 2 aromatic carbocycles. The first-order valence-electron chi connectivity index (χ1n) is 15.7. The molecule has 0 fully saturated rings. The zero-order chi connectivity index (χ0) is 37.6. The van der Waals surface area contributed by atoms with Gasteiger partial charge in [0.1, 0.15) is 12.1 Å². The number of H-pyrrole nitrogens is 1. The number of fused-ring (bicyclic) bond motifs is 1. The molecule has 1 heterocycles. The Morgan fingerprint density at radius 2 is 1.37 bits per heavy atom. The molecule has 0 unspecified atom stereocenters. The van der Waals surface area contributed by atoms with Crippen LogP contribution in [0, 0.1) is 0 Å². The van der Waals surface area contributed by atoms with Gasteiger partial charge in [-0.2, -0.15) is 4.72 Å². The molecular formula is C32H40N8O10S. The largest absolute Gasteiger partial charge is 0.481 e. The molecule has 10 N–H and O–H groups in total. The van der Waals surface area contributed by atoms with Crippen molar-refractivity contribution in [3.05, 3.63) is 65.9 Å². The number of aliphatic carboxylic acids is 1. The van der Waals surface area contributed by atoms with E-state index in [4.69, 9.17) is 5.73 Å². The van der Waals surface area contributed by atoms with Crippen LogP contribution in [0.25, 0.3) is 10.9 Å². The van der Waals surface area contributed by atoms with Gasteiger partial charge in [0, 0.05) is 23.5 Å². The maximum absolute atomic E-state index is 12.8. The second-order valence-corrected chi connectivity index (χ2v) is 13.0. The molecule has 19 heteroatoms. The van der Waals surface area contributed by atoms with Crippen LogP contribution in [0.15, 0.2) is 59.6 Å². The van der Waals surface area contributed by atoms with Gasteiger partial charge in [0.15, 0.2) is 0 Å². The molecule has 0 aliphatic rings. The summed E-state index contributed by atoms with van der Waals surface area (Å²) in [6, 6.07) is 10.3. The number of carbonyl (C=O) groups excluding carboxylic acids is 6. The van der Waals surface area contributed by atoms with Gasteiger partial charge in [-0.05, 0) is 35.7 Å². The van der Waals surface area contributed by atoms with Crippen molar-refractivity contribution in [3.63, 3.8) is 0 Å². The zero-order valence-corrected chi connectivity index (χ0v) is 28.4. The summed E-state index contributed by atoms with van der Waals surface area (Å²) in [5.41, 5.74) is 7.51. The van der Waals surface area contributed by atoms with Crippen molar-refractivity contribution in [3.8, 4) is 0 Å². The molecule has 6 amide bonds. The van der Waals surface area contributed by atoms with Crippen molar-refractivity contribution in [2.24, 2.45) is 5.73 Å². The molecule has 0 radical (unpaired) electrons. The Labute approximate surface area is 292 Å². The molecule has 51 heavy (non-hydrogen) atoms. The van der Waals surface area contributed by atoms with Crippen molar-refractivity contribution in [1.82, 2.24) is 36.3 Å². The van der Waals surface area contributed by atoms with E-state index in [1.54, 1.807) is 24.4 Å². The van der Waals surface area contributed by atoms with E-state index in [9.17, 15) is 47.1 Å². The number of aromatic amines is 1. The first kappa shape index (κ1) is 39.6. The molecule has 0 aliphatic carbocycles. The van der Waals surface area contributed by atoms with Crippen molar-refractivity contribution in [2.45, 2.75) is 49.6 Å². The van der Waals surface area contributed by atoms with Gasteiger partial charge in [-0.3, -0.25) is 33.6 Å². The first-order chi connectivity index (χ1) is 24.2. The quantitative estimate of drug-likeness (QED) is 0.0612. The number of benzene rings is 2. The molecule has 274 valence electrons. The predicted molar refractivity (Wildman–Crippen MR) is 182 cm³/mol. The number of carboxylic acids is 1. The highest BCUT2D eigenvalue weighted by molar-refractivity contribution is 7.89. The van der Waals surface area contributed by atoms with Crippen molar-refractivity contribution in [1.29, 1.82) is 0 Å². The second-order valence-electron chi connectivity index (χ2n) is 11.3. The van der Waals surface area contributed by atoms with Gasteiger partial charge in [-0.25, -0.2) is 8.42 Å². The van der Waals surface area contributed by atoms with Crippen LogP contribution in [-0.4, -0.2) is 98.2 Å². The third-order valence-corrected chi connectivity index (χ3v) is 8.76. The van der Waals surface area contributed by atoms with Crippen molar-refractivity contribution >= 4 is 62.3 Å². The van der Waals surface area contributed by atoms with Crippen molar-refractivity contribution in [2.75, 3.05) is 26.2 Å². The maximum atomic E-state index is 12.8. The Bertz CT molecular complexity index is 1860. The van der Waals surface area contributed by atoms with Crippen LogP contribution in [-0.2, 0) is 56.4 Å². The minimum atomic E-state index is -4.30. The Kier molecular flexibility index (Phi) is 14.6. The third-order valence-electron chi connectivity index (χ3n) is 7.27. The van der Waals surface area contributed by atoms with Crippen LogP contribution in [0.3, 0.4) is 0 Å². The topological polar surface area (TPSA) is 288 Å². The molecule has 0 saturated carbocycles. The molecular weight excluding hydrogens is 688 g/mol. The fraction of sp³-hybridized carbons (Fsp3) is 0.344. The Morgan fingerprint density at radius 3 is 2.00 bits per heavy atom. The van der Waals surface area contributed by atoms with Crippen molar-refractivity contribution < 1.29 is 47.1 Å². The Balaban J connectivity index is 1.48. The van der Waals surface area contributed by atoms with Gasteiger partial charge in [0.25, 0.3) is 0 Å². The summed E-state index contributed by atoms with van der Waals surface area (Å²) in [5.74, 6) is -6.49. The van der Waals surface area contributed by atoms with Crippen LogP contribution in [0.2, 0.25) is 0 Å². The molecule has 1 aromatic heterocycles. The summed E-state index contributed by atoms with van der Waals surface area (Å²) in [4.78, 5) is 88.0. The lowest BCUT2D eigenvalue weighted by Crippen LogP contribution is -2.52. The number of nitrogens with two attached hydrogens (primary N) is 1. The Hall–Kier alpha value is -5.82. The van der Waals surface area contributed by atoms with Gasteiger partial charge in [-0.15, -0.1) is 0 Å². The molecule has 0 bridgehead atoms. The number of nitrogens with one attached hydrogen (secondary N) is 7. The van der Waals surface area contributed by atoms with Gasteiger partial charge in [-0.1, -0.05) is 43.7 Å². The molecule has 3 rings (SSSR count). The van der Waals surface area contributed by atoms with E-state index < -0.39 is 96.1 Å². The lowest BCUT2D eigenvalue weighted by atomic mass is 10.0. The fourth-order valence-electron chi connectivity index (χ4n) is 4.79. The number of hydrogen-bond donors (Lipinski definition) is 9. The predicted octanol–water partition coefficient (Wildman–Crippen LogP) is -2.08. The summed E-state index contributed by atoms with van der Waals surface area (Å²) < 4.78 is 27.7. The zero-order valence-electron chi connectivity index (χ0n) is 27.6. The van der Waals surface area contributed by atoms with E-state index in [1.807, 2.05) is 29.8 Å². The Morgan fingerprint density at radius 1 is 0.784 bits per heavy atom. The van der Waals surface area contributed by atoms with Gasteiger partial charge in [0.05, 0.1) is 37.5 Å². The van der Waals surface area contributed by atoms with Crippen LogP contribution in [0.5, 0.6) is 0 Å². The van der Waals surface area contributed by atoms with Crippen LogP contribution in [0.4, 0.5) is 0 Å².